The molecule has 3 aliphatic heterocycles. The maximum absolute atomic E-state index is 15.1. The molecule has 3 aliphatic rings. The molecular formula is C21H25FN4O6S. The van der Waals surface area contributed by atoms with Crippen LogP contribution >= 0.6 is 0 Å². The van der Waals surface area contributed by atoms with Crippen LogP contribution < -0.4 is 9.64 Å². The summed E-state index contributed by atoms with van der Waals surface area (Å²) in [5.74, 6) is 0.223. The predicted octanol–water partition coefficient (Wildman–Crippen LogP) is 2.08. The average Bonchev–Trinajstić information content (AvgIpc) is 2.98. The first-order valence-electron chi connectivity index (χ1n) is 10.8. The van der Waals surface area contributed by atoms with Gasteiger partial charge in [-0.2, -0.15) is 8.42 Å². The van der Waals surface area contributed by atoms with E-state index in [1.165, 1.54) is 4.90 Å². The molecule has 10 nitrogen and oxygen atoms in total. The van der Waals surface area contributed by atoms with Crippen molar-refractivity contribution >= 4 is 32.8 Å². The molecule has 2 fully saturated rings. The maximum Gasteiger partial charge on any atom is 0.407 e. The van der Waals surface area contributed by atoms with Gasteiger partial charge in [-0.25, -0.2) is 19.2 Å². The summed E-state index contributed by atoms with van der Waals surface area (Å²) in [5.41, 5.74) is 1.08. The standard InChI is InChI=1S/C21H25FN4O6S/c1-10-14(6-7-31-33(3,29)30)24-19-17-16(10)13(22)8-23-20(17)32-11(2)18-15-5-4-12(9-25(18)19)26(15)21(27)28/h8,11-12,15,18H,4-7,9H2,1-3H3,(H,27,28). The molecule has 2 aromatic heterocycles. The molecule has 1 N–H and O–H groups in total. The zero-order valence-corrected chi connectivity index (χ0v) is 19.3. The molecule has 5 heterocycles. The topological polar surface area (TPSA) is 122 Å². The minimum absolute atomic E-state index is 0.119. The number of rotatable bonds is 4. The van der Waals surface area contributed by atoms with Crippen LogP contribution in [0.5, 0.6) is 5.88 Å². The van der Waals surface area contributed by atoms with Crippen molar-refractivity contribution in [1.82, 2.24) is 14.9 Å². The van der Waals surface area contributed by atoms with Crippen molar-refractivity contribution in [3.8, 4) is 5.88 Å². The number of hydrogen-bond acceptors (Lipinski definition) is 8. The Hall–Kier alpha value is -2.73. The normalized spacial score (nSPS) is 26.2. The lowest BCUT2D eigenvalue weighted by Crippen LogP contribution is -2.64. The van der Waals surface area contributed by atoms with E-state index in [1.54, 1.807) is 6.92 Å². The third kappa shape index (κ3) is 3.55. The average molecular weight is 481 g/mol. The number of ether oxygens (including phenoxy) is 1. The predicted molar refractivity (Wildman–Crippen MR) is 117 cm³/mol. The van der Waals surface area contributed by atoms with Crippen LogP contribution in [0.25, 0.3) is 10.8 Å². The Morgan fingerprint density at radius 1 is 1.36 bits per heavy atom. The highest BCUT2D eigenvalue weighted by atomic mass is 32.2. The molecule has 33 heavy (non-hydrogen) atoms. The molecule has 0 radical (unpaired) electrons. The summed E-state index contributed by atoms with van der Waals surface area (Å²) in [6.07, 6.45) is 2.31. The van der Waals surface area contributed by atoms with Crippen LogP contribution in [0, 0.1) is 12.7 Å². The second-order valence-corrected chi connectivity index (χ2v) is 10.5. The second-order valence-electron chi connectivity index (χ2n) is 8.90. The first-order chi connectivity index (χ1) is 15.6. The fourth-order valence-corrected chi connectivity index (χ4v) is 5.99. The van der Waals surface area contributed by atoms with E-state index in [0.717, 1.165) is 18.9 Å². The van der Waals surface area contributed by atoms with Gasteiger partial charge < -0.3 is 14.7 Å². The van der Waals surface area contributed by atoms with Crippen molar-refractivity contribution < 1.29 is 31.6 Å². The number of carbonyl (C=O) groups is 1. The van der Waals surface area contributed by atoms with Gasteiger partial charge in [0.2, 0.25) is 5.88 Å². The Labute approximate surface area is 190 Å². The van der Waals surface area contributed by atoms with Gasteiger partial charge in [0.05, 0.1) is 42.6 Å². The monoisotopic (exact) mass is 480 g/mol. The lowest BCUT2D eigenvalue weighted by molar-refractivity contribution is 0.0707. The summed E-state index contributed by atoms with van der Waals surface area (Å²) in [7, 11) is -3.63. The van der Waals surface area contributed by atoms with E-state index in [9.17, 15) is 18.3 Å². The highest BCUT2D eigenvalue weighted by molar-refractivity contribution is 7.85. The Morgan fingerprint density at radius 3 is 2.82 bits per heavy atom. The van der Waals surface area contributed by atoms with E-state index in [-0.39, 0.29) is 37.0 Å². The fourth-order valence-electron chi connectivity index (χ4n) is 5.61. The number of anilines is 1. The number of aromatic nitrogens is 2. The lowest BCUT2D eigenvalue weighted by atomic mass is 9.97. The molecule has 5 rings (SSSR count). The Bertz CT molecular complexity index is 1260. The molecule has 178 valence electrons. The number of nitrogens with zero attached hydrogens (tertiary/aromatic N) is 4. The van der Waals surface area contributed by atoms with E-state index >= 15 is 4.39 Å². The third-order valence-corrected chi connectivity index (χ3v) is 7.48. The van der Waals surface area contributed by atoms with E-state index in [1.807, 2.05) is 11.8 Å². The Balaban J connectivity index is 1.66. The van der Waals surface area contributed by atoms with E-state index in [2.05, 4.69) is 4.98 Å². The van der Waals surface area contributed by atoms with Crippen LogP contribution in [0.15, 0.2) is 6.20 Å². The maximum atomic E-state index is 15.1. The molecule has 0 aromatic carbocycles. The Morgan fingerprint density at radius 2 is 2.12 bits per heavy atom. The molecule has 12 heteroatoms. The first kappa shape index (κ1) is 22.1. The molecule has 0 spiro atoms. The summed E-state index contributed by atoms with van der Waals surface area (Å²) in [4.78, 5) is 24.5. The molecule has 1 amide bonds. The van der Waals surface area contributed by atoms with Gasteiger partial charge in [0.1, 0.15) is 17.7 Å². The van der Waals surface area contributed by atoms with Crippen LogP contribution in [0.2, 0.25) is 0 Å². The molecule has 2 bridgehead atoms. The summed E-state index contributed by atoms with van der Waals surface area (Å²) >= 11 is 0. The van der Waals surface area contributed by atoms with Crippen LogP contribution in [0.1, 0.15) is 31.0 Å². The largest absolute Gasteiger partial charge is 0.472 e. The van der Waals surface area contributed by atoms with Crippen LogP contribution in [0.3, 0.4) is 0 Å². The van der Waals surface area contributed by atoms with E-state index in [0.29, 0.717) is 40.8 Å². The second kappa shape index (κ2) is 7.66. The molecule has 0 aliphatic carbocycles. The highest BCUT2D eigenvalue weighted by Gasteiger charge is 2.52. The number of carboxylic acid groups (broad SMARTS) is 1. The van der Waals surface area contributed by atoms with Gasteiger partial charge in [0.25, 0.3) is 10.1 Å². The van der Waals surface area contributed by atoms with E-state index in [4.69, 9.17) is 13.9 Å². The molecular weight excluding hydrogens is 455 g/mol. The van der Waals surface area contributed by atoms with Crippen molar-refractivity contribution in [3.05, 3.63) is 23.3 Å². The van der Waals surface area contributed by atoms with Crippen molar-refractivity contribution in [2.24, 2.45) is 0 Å². The molecule has 2 saturated heterocycles. The highest BCUT2D eigenvalue weighted by Crippen LogP contribution is 2.45. The van der Waals surface area contributed by atoms with Gasteiger partial charge in [-0.3, -0.25) is 9.08 Å². The van der Waals surface area contributed by atoms with E-state index < -0.39 is 28.1 Å². The number of fused-ring (bicyclic) bond motifs is 5. The van der Waals surface area contributed by atoms with Gasteiger partial charge in [-0.05, 0) is 32.3 Å². The van der Waals surface area contributed by atoms with Crippen molar-refractivity contribution in [2.75, 3.05) is 24.3 Å². The van der Waals surface area contributed by atoms with Crippen LogP contribution in [-0.2, 0) is 20.7 Å². The Kier molecular flexibility index (Phi) is 5.12. The summed E-state index contributed by atoms with van der Waals surface area (Å²) < 4.78 is 48.9. The number of pyridine rings is 2. The number of hydrogen-bond donors (Lipinski definition) is 1. The minimum Gasteiger partial charge on any atom is -0.472 e. The van der Waals surface area contributed by atoms with Crippen LogP contribution in [-0.4, -0.2) is 78.1 Å². The number of amides is 1. The van der Waals surface area contributed by atoms with Gasteiger partial charge in [0.15, 0.2) is 0 Å². The zero-order chi connectivity index (χ0) is 23.7. The zero-order valence-electron chi connectivity index (χ0n) is 18.5. The van der Waals surface area contributed by atoms with Crippen molar-refractivity contribution in [3.63, 3.8) is 0 Å². The van der Waals surface area contributed by atoms with Gasteiger partial charge in [0, 0.05) is 24.0 Å². The van der Waals surface area contributed by atoms with Gasteiger partial charge >= 0.3 is 6.09 Å². The molecule has 2 aromatic rings. The number of aryl methyl sites for hydroxylation is 1. The molecule has 4 unspecified atom stereocenters. The number of piperazine rings is 1. The SMILES string of the molecule is Cc1c(CCOS(C)(=O)=O)nc2c3c(ncc(F)c13)OC(C)C1C3CCC(CN21)N3C(=O)O. The smallest absolute Gasteiger partial charge is 0.407 e. The third-order valence-electron chi connectivity index (χ3n) is 6.89. The fraction of sp³-hybridized carbons (Fsp3) is 0.571. The number of halogens is 1. The van der Waals surface area contributed by atoms with Crippen LogP contribution in [0.4, 0.5) is 15.0 Å². The summed E-state index contributed by atoms with van der Waals surface area (Å²) in [6, 6.07) is -0.810. The summed E-state index contributed by atoms with van der Waals surface area (Å²) in [6.45, 7) is 3.88. The van der Waals surface area contributed by atoms with Gasteiger partial charge in [-0.1, -0.05) is 0 Å². The van der Waals surface area contributed by atoms with Crippen molar-refractivity contribution in [2.45, 2.75) is 57.3 Å². The van der Waals surface area contributed by atoms with Gasteiger partial charge in [-0.15, -0.1) is 0 Å². The first-order valence-corrected chi connectivity index (χ1v) is 12.6. The summed E-state index contributed by atoms with van der Waals surface area (Å²) in [5, 5.41) is 10.6. The quantitative estimate of drug-likeness (QED) is 0.655. The molecule has 4 atom stereocenters. The van der Waals surface area contributed by atoms with Crippen molar-refractivity contribution in [1.29, 1.82) is 0 Å². The minimum atomic E-state index is -3.63. The lowest BCUT2D eigenvalue weighted by Gasteiger charge is -2.47. The molecule has 0 saturated carbocycles.